The number of rotatable bonds is 6. The standard InChI is InChI=1S/C30H35FN4O4/c31-22-9-13-24(14-10-22)39-30-33-27(32)26-28(34-30)38-16-15-35(29(26)37)23-11-7-20(8-12-23)19-3-1-18(2-4-19)17-25(36)21-5-6-21/h7,9,11-14,18-20,22,36H,1-6,8,10,15-17H2,(H2,32,33,34). The third-order valence-electron chi connectivity index (χ3n) is 8.43. The Hall–Kier alpha value is -3.62. The fraction of sp³-hybridized carbons (Fsp3) is 0.500. The topological polar surface area (TPSA) is 111 Å². The summed E-state index contributed by atoms with van der Waals surface area (Å²) in [6, 6.07) is -0.0468. The first kappa shape index (κ1) is 25.6. The van der Waals surface area contributed by atoms with Crippen molar-refractivity contribution in [3.05, 3.63) is 64.8 Å². The molecule has 4 aliphatic carbocycles. The van der Waals surface area contributed by atoms with E-state index in [9.17, 15) is 14.3 Å². The van der Waals surface area contributed by atoms with E-state index in [4.69, 9.17) is 15.2 Å². The maximum Gasteiger partial charge on any atom is 0.327 e. The van der Waals surface area contributed by atoms with Gasteiger partial charge in [-0.2, -0.15) is 9.97 Å². The third-order valence-corrected chi connectivity index (χ3v) is 8.43. The molecule has 3 N–H and O–H groups in total. The second-order valence-electron chi connectivity index (χ2n) is 11.1. The molecule has 0 radical (unpaired) electrons. The molecule has 1 aromatic rings. The van der Waals surface area contributed by atoms with Crippen LogP contribution in [-0.2, 0) is 0 Å². The zero-order valence-electron chi connectivity index (χ0n) is 22.0. The second-order valence-corrected chi connectivity index (χ2v) is 11.1. The summed E-state index contributed by atoms with van der Waals surface area (Å²) in [7, 11) is 0. The minimum atomic E-state index is -1.04. The smallest absolute Gasteiger partial charge is 0.327 e. The first-order valence-electron chi connectivity index (χ1n) is 14.0. The molecule has 2 saturated carbocycles. The average Bonchev–Trinajstić information content (AvgIpc) is 3.79. The molecule has 206 valence electrons. The number of alkyl halides is 1. The predicted molar refractivity (Wildman–Crippen MR) is 145 cm³/mol. The Kier molecular flexibility index (Phi) is 7.14. The number of hydrogen-bond acceptors (Lipinski definition) is 7. The van der Waals surface area contributed by atoms with Gasteiger partial charge in [0, 0.05) is 18.5 Å². The number of aliphatic hydroxyl groups excluding tert-OH is 1. The number of halogens is 1. The van der Waals surface area contributed by atoms with Gasteiger partial charge in [0.2, 0.25) is 5.88 Å². The van der Waals surface area contributed by atoms with Gasteiger partial charge in [-0.15, -0.1) is 0 Å². The second kappa shape index (κ2) is 10.9. The molecule has 2 atom stereocenters. The monoisotopic (exact) mass is 534 g/mol. The van der Waals surface area contributed by atoms with Gasteiger partial charge in [-0.05, 0) is 92.6 Å². The SMILES string of the molecule is Nc1nc(OC2=CCC(F)C=C2)nc2c1C(=O)N(C1=CCC(C3CCC(CC(O)=C4CC4)CC3)C=C1)CCO2. The van der Waals surface area contributed by atoms with E-state index < -0.39 is 6.17 Å². The van der Waals surface area contributed by atoms with Crippen LogP contribution in [0.3, 0.4) is 0 Å². The normalized spacial score (nSPS) is 28.2. The summed E-state index contributed by atoms with van der Waals surface area (Å²) in [5.41, 5.74) is 8.40. The summed E-state index contributed by atoms with van der Waals surface area (Å²) in [4.78, 5) is 23.7. The Bertz CT molecular complexity index is 1290. The lowest BCUT2D eigenvalue weighted by Gasteiger charge is -2.34. The molecular formula is C30H35FN4O4. The van der Waals surface area contributed by atoms with E-state index in [1.165, 1.54) is 30.6 Å². The maximum absolute atomic E-state index is 13.5. The van der Waals surface area contributed by atoms with Gasteiger partial charge in [0.25, 0.3) is 5.91 Å². The highest BCUT2D eigenvalue weighted by Crippen LogP contribution is 2.41. The highest BCUT2D eigenvalue weighted by atomic mass is 19.1. The molecule has 2 unspecified atom stereocenters. The van der Waals surface area contributed by atoms with E-state index >= 15 is 0 Å². The van der Waals surface area contributed by atoms with Crippen LogP contribution in [0.4, 0.5) is 10.2 Å². The van der Waals surface area contributed by atoms with Crippen LogP contribution >= 0.6 is 0 Å². The number of carbonyl (C=O) groups excluding carboxylic acids is 1. The summed E-state index contributed by atoms with van der Waals surface area (Å²) >= 11 is 0. The maximum atomic E-state index is 13.5. The van der Waals surface area contributed by atoms with Crippen LogP contribution < -0.4 is 15.2 Å². The van der Waals surface area contributed by atoms with Crippen LogP contribution in [0.1, 0.15) is 68.1 Å². The van der Waals surface area contributed by atoms with E-state index in [-0.39, 0.29) is 42.2 Å². The van der Waals surface area contributed by atoms with Crippen LogP contribution in [-0.4, -0.2) is 45.2 Å². The summed E-state index contributed by atoms with van der Waals surface area (Å²) < 4.78 is 24.8. The van der Waals surface area contributed by atoms with E-state index in [1.54, 1.807) is 11.0 Å². The van der Waals surface area contributed by atoms with Crippen LogP contribution in [0.25, 0.3) is 0 Å². The predicted octanol–water partition coefficient (Wildman–Crippen LogP) is 5.72. The number of anilines is 1. The van der Waals surface area contributed by atoms with E-state index in [0.717, 1.165) is 44.2 Å². The van der Waals surface area contributed by atoms with Gasteiger partial charge in [-0.25, -0.2) is 4.39 Å². The van der Waals surface area contributed by atoms with Crippen molar-refractivity contribution in [2.75, 3.05) is 18.9 Å². The molecule has 2 fully saturated rings. The lowest BCUT2D eigenvalue weighted by atomic mass is 9.73. The molecule has 1 aromatic heterocycles. The van der Waals surface area contributed by atoms with Gasteiger partial charge in [-0.1, -0.05) is 12.2 Å². The highest BCUT2D eigenvalue weighted by molar-refractivity contribution is 6.02. The minimum Gasteiger partial charge on any atom is -0.512 e. The largest absolute Gasteiger partial charge is 0.512 e. The average molecular weight is 535 g/mol. The van der Waals surface area contributed by atoms with Gasteiger partial charge in [0.05, 0.1) is 12.3 Å². The number of hydrogen-bond donors (Lipinski definition) is 2. The Balaban J connectivity index is 1.08. The fourth-order valence-corrected chi connectivity index (χ4v) is 6.02. The molecule has 0 aromatic carbocycles. The summed E-state index contributed by atoms with van der Waals surface area (Å²) in [5.74, 6) is 2.52. The number of aromatic nitrogens is 2. The number of nitrogen functional groups attached to an aromatic ring is 1. The number of amides is 1. The molecule has 2 heterocycles. The Morgan fingerprint density at radius 3 is 2.64 bits per heavy atom. The molecule has 0 saturated heterocycles. The zero-order chi connectivity index (χ0) is 26.9. The van der Waals surface area contributed by atoms with Crippen LogP contribution in [0.2, 0.25) is 0 Å². The molecule has 9 heteroatoms. The van der Waals surface area contributed by atoms with E-state index in [1.807, 2.05) is 6.08 Å². The fourth-order valence-electron chi connectivity index (χ4n) is 6.02. The van der Waals surface area contributed by atoms with Crippen LogP contribution in [0.5, 0.6) is 11.9 Å². The molecular weight excluding hydrogens is 499 g/mol. The molecule has 5 aliphatic rings. The number of nitrogens with zero attached hydrogens (tertiary/aromatic N) is 3. The molecule has 0 bridgehead atoms. The van der Waals surface area contributed by atoms with E-state index in [2.05, 4.69) is 22.1 Å². The Morgan fingerprint density at radius 1 is 1.13 bits per heavy atom. The number of carbonyl (C=O) groups is 1. The van der Waals surface area contributed by atoms with Crippen molar-refractivity contribution in [3.63, 3.8) is 0 Å². The quantitative estimate of drug-likeness (QED) is 0.449. The first-order valence-corrected chi connectivity index (χ1v) is 14.0. The molecule has 0 spiro atoms. The molecule has 1 aliphatic heterocycles. The van der Waals surface area contributed by atoms with Crippen molar-refractivity contribution >= 4 is 11.7 Å². The highest BCUT2D eigenvalue weighted by Gasteiger charge is 2.33. The van der Waals surface area contributed by atoms with Gasteiger partial charge in [0.15, 0.2) is 0 Å². The van der Waals surface area contributed by atoms with Crippen molar-refractivity contribution in [2.24, 2.45) is 17.8 Å². The lowest BCUT2D eigenvalue weighted by Crippen LogP contribution is -2.33. The molecule has 6 rings (SSSR count). The minimum absolute atomic E-state index is 0.0194. The lowest BCUT2D eigenvalue weighted by molar-refractivity contribution is 0.0811. The molecule has 39 heavy (non-hydrogen) atoms. The van der Waals surface area contributed by atoms with Crippen molar-refractivity contribution < 1.29 is 23.8 Å². The summed E-state index contributed by atoms with van der Waals surface area (Å²) in [6.07, 6.45) is 18.7. The Labute approximate surface area is 227 Å². The molecule has 8 nitrogen and oxygen atoms in total. The zero-order valence-corrected chi connectivity index (χ0v) is 22.0. The Morgan fingerprint density at radius 2 is 1.95 bits per heavy atom. The number of ether oxygens (including phenoxy) is 2. The third kappa shape index (κ3) is 5.72. The van der Waals surface area contributed by atoms with Crippen molar-refractivity contribution in [1.29, 1.82) is 0 Å². The van der Waals surface area contributed by atoms with Gasteiger partial charge < -0.3 is 25.2 Å². The number of allylic oxidation sites excluding steroid dienone is 8. The van der Waals surface area contributed by atoms with Crippen molar-refractivity contribution in [3.8, 4) is 11.9 Å². The molecule has 1 amide bonds. The van der Waals surface area contributed by atoms with Crippen LogP contribution in [0, 0.1) is 17.8 Å². The van der Waals surface area contributed by atoms with Gasteiger partial charge in [-0.3, -0.25) is 4.79 Å². The van der Waals surface area contributed by atoms with E-state index in [0.29, 0.717) is 35.8 Å². The van der Waals surface area contributed by atoms with Crippen molar-refractivity contribution in [1.82, 2.24) is 14.9 Å². The van der Waals surface area contributed by atoms with Crippen molar-refractivity contribution in [2.45, 2.75) is 64.0 Å². The van der Waals surface area contributed by atoms with Gasteiger partial charge >= 0.3 is 6.01 Å². The number of aliphatic hydroxyl groups is 1. The summed E-state index contributed by atoms with van der Waals surface area (Å²) in [6.45, 7) is 0.615. The summed E-state index contributed by atoms with van der Waals surface area (Å²) in [5, 5.41) is 10.2. The van der Waals surface area contributed by atoms with Gasteiger partial charge in [0.1, 0.15) is 29.9 Å². The first-order chi connectivity index (χ1) is 18.9. The number of fused-ring (bicyclic) bond motifs is 1. The van der Waals surface area contributed by atoms with Crippen LogP contribution in [0.15, 0.2) is 59.2 Å². The number of nitrogens with two attached hydrogens (primary N) is 1.